The van der Waals surface area contributed by atoms with Crippen LogP contribution in [0.25, 0.3) is 0 Å². The van der Waals surface area contributed by atoms with E-state index in [2.05, 4.69) is 4.74 Å². The fraction of sp³-hybridized carbons (Fsp3) is 0.273. The Balaban J connectivity index is 3.45. The monoisotopic (exact) mass is 292 g/mol. The highest BCUT2D eigenvalue weighted by Crippen LogP contribution is 2.36. The summed E-state index contributed by atoms with van der Waals surface area (Å²) in [5.74, 6) is -1.13. The van der Waals surface area contributed by atoms with Gasteiger partial charge in [0.25, 0.3) is 0 Å². The van der Waals surface area contributed by atoms with Gasteiger partial charge in [0.05, 0.1) is 25.5 Å². The zero-order chi connectivity index (χ0) is 15.5. The van der Waals surface area contributed by atoms with E-state index in [1.165, 1.54) is 6.07 Å². The Morgan fingerprint density at radius 3 is 2.25 bits per heavy atom. The molecule has 6 nitrogen and oxygen atoms in total. The molecule has 0 unspecified atom stereocenters. The molecule has 20 heavy (non-hydrogen) atoms. The Labute approximate surface area is 111 Å². The number of anilines is 1. The van der Waals surface area contributed by atoms with Crippen LogP contribution in [0.3, 0.4) is 0 Å². The molecule has 1 aromatic carbocycles. The summed E-state index contributed by atoms with van der Waals surface area (Å²) in [5, 5.41) is 0. The molecule has 1 rings (SSSR count). The maximum Gasteiger partial charge on any atom is 0.493 e. The van der Waals surface area contributed by atoms with E-state index in [4.69, 9.17) is 10.5 Å². The van der Waals surface area contributed by atoms with E-state index in [1.807, 2.05) is 0 Å². The zero-order valence-electron chi connectivity index (χ0n) is 10.5. The van der Waals surface area contributed by atoms with Crippen LogP contribution in [0.15, 0.2) is 18.2 Å². The van der Waals surface area contributed by atoms with E-state index in [1.54, 1.807) is 0 Å². The molecular formula is C11H11F3N2O4. The van der Waals surface area contributed by atoms with Crippen LogP contribution in [-0.4, -0.2) is 32.5 Å². The Morgan fingerprint density at radius 1 is 1.25 bits per heavy atom. The number of methoxy groups -OCH3 is 2. The van der Waals surface area contributed by atoms with Gasteiger partial charge >= 0.3 is 18.3 Å². The van der Waals surface area contributed by atoms with Gasteiger partial charge in [0, 0.05) is 0 Å². The normalized spacial score (nSPS) is 10.8. The molecule has 2 N–H and O–H groups in total. The molecule has 0 saturated carbocycles. The first-order valence-electron chi connectivity index (χ1n) is 5.15. The van der Waals surface area contributed by atoms with E-state index in [-0.39, 0.29) is 11.3 Å². The summed E-state index contributed by atoms with van der Waals surface area (Å²) in [7, 11) is 2.19. The molecule has 0 aromatic heterocycles. The van der Waals surface area contributed by atoms with Crippen molar-refractivity contribution in [1.29, 1.82) is 0 Å². The summed E-state index contributed by atoms with van der Waals surface area (Å²) >= 11 is 0. The second kappa shape index (κ2) is 5.68. The minimum Gasteiger partial charge on any atom is -0.495 e. The van der Waals surface area contributed by atoms with Crippen LogP contribution < -0.4 is 15.4 Å². The molecule has 0 atom stereocenters. The van der Waals surface area contributed by atoms with Gasteiger partial charge in [0.15, 0.2) is 0 Å². The van der Waals surface area contributed by atoms with Gasteiger partial charge in [-0.3, -0.25) is 0 Å². The van der Waals surface area contributed by atoms with Crippen molar-refractivity contribution in [2.75, 3.05) is 19.1 Å². The minimum absolute atomic E-state index is 0.182. The van der Waals surface area contributed by atoms with Crippen molar-refractivity contribution in [1.82, 2.24) is 0 Å². The topological polar surface area (TPSA) is 81.9 Å². The van der Waals surface area contributed by atoms with Crippen LogP contribution in [0.1, 0.15) is 10.4 Å². The quantitative estimate of drug-likeness (QED) is 0.681. The highest BCUT2D eigenvalue weighted by atomic mass is 19.4. The van der Waals surface area contributed by atoms with E-state index in [0.717, 1.165) is 26.4 Å². The molecule has 0 heterocycles. The van der Waals surface area contributed by atoms with Gasteiger partial charge in [-0.1, -0.05) is 0 Å². The second-order valence-corrected chi connectivity index (χ2v) is 3.52. The van der Waals surface area contributed by atoms with Gasteiger partial charge in [0.1, 0.15) is 5.75 Å². The molecule has 0 saturated heterocycles. The van der Waals surface area contributed by atoms with Crippen molar-refractivity contribution >= 4 is 17.7 Å². The third-order valence-corrected chi connectivity index (χ3v) is 2.31. The molecular weight excluding hydrogens is 281 g/mol. The second-order valence-electron chi connectivity index (χ2n) is 3.52. The van der Waals surface area contributed by atoms with Crippen molar-refractivity contribution < 1.29 is 32.2 Å². The predicted octanol–water partition coefficient (Wildman–Crippen LogP) is 1.89. The summed E-state index contributed by atoms with van der Waals surface area (Å²) in [6.07, 6.45) is -5.06. The number of primary amides is 1. The van der Waals surface area contributed by atoms with Gasteiger partial charge < -0.3 is 15.2 Å². The molecule has 0 radical (unpaired) electrons. The highest BCUT2D eigenvalue weighted by Gasteiger charge is 2.43. The number of ether oxygens (including phenoxy) is 2. The molecule has 9 heteroatoms. The molecule has 110 valence electrons. The number of urea groups is 1. The van der Waals surface area contributed by atoms with Gasteiger partial charge in [-0.15, -0.1) is 13.2 Å². The Bertz CT molecular complexity index is 531. The number of esters is 1. The van der Waals surface area contributed by atoms with Crippen LogP contribution >= 0.6 is 0 Å². The third kappa shape index (κ3) is 3.11. The van der Waals surface area contributed by atoms with Gasteiger partial charge in [0.2, 0.25) is 0 Å². The number of nitrogens with two attached hydrogens (primary N) is 1. The summed E-state index contributed by atoms with van der Waals surface area (Å²) < 4.78 is 47.7. The molecule has 0 bridgehead atoms. The zero-order valence-corrected chi connectivity index (χ0v) is 10.5. The average Bonchev–Trinajstić information content (AvgIpc) is 2.35. The number of amides is 2. The lowest BCUT2D eigenvalue weighted by atomic mass is 10.1. The van der Waals surface area contributed by atoms with Crippen LogP contribution in [-0.2, 0) is 4.74 Å². The van der Waals surface area contributed by atoms with Crippen LogP contribution in [0.5, 0.6) is 5.75 Å². The van der Waals surface area contributed by atoms with Crippen molar-refractivity contribution in [2.45, 2.75) is 6.30 Å². The molecule has 0 aliphatic heterocycles. The van der Waals surface area contributed by atoms with Crippen LogP contribution in [0, 0.1) is 0 Å². The smallest absolute Gasteiger partial charge is 0.493 e. The van der Waals surface area contributed by atoms with Crippen molar-refractivity contribution in [3.63, 3.8) is 0 Å². The molecule has 1 aromatic rings. The fourth-order valence-corrected chi connectivity index (χ4v) is 1.49. The average molecular weight is 292 g/mol. The number of benzene rings is 1. The van der Waals surface area contributed by atoms with Crippen molar-refractivity contribution in [3.8, 4) is 5.75 Å². The minimum atomic E-state index is -5.06. The Hall–Kier alpha value is -2.45. The van der Waals surface area contributed by atoms with Crippen molar-refractivity contribution in [2.24, 2.45) is 5.73 Å². The predicted molar refractivity (Wildman–Crippen MR) is 62.5 cm³/mol. The Kier molecular flexibility index (Phi) is 4.43. The lowest BCUT2D eigenvalue weighted by molar-refractivity contribution is -0.121. The molecule has 0 spiro atoms. The molecule has 0 aliphatic carbocycles. The number of hydrogen-bond acceptors (Lipinski definition) is 4. The van der Waals surface area contributed by atoms with Gasteiger partial charge in [-0.05, 0) is 18.2 Å². The van der Waals surface area contributed by atoms with Crippen LogP contribution in [0.4, 0.5) is 23.7 Å². The Morgan fingerprint density at radius 2 is 1.85 bits per heavy atom. The maximum absolute atomic E-state index is 12.8. The molecule has 0 fully saturated rings. The van der Waals surface area contributed by atoms with E-state index in [0.29, 0.717) is 0 Å². The highest BCUT2D eigenvalue weighted by molar-refractivity contribution is 5.96. The van der Waals surface area contributed by atoms with Gasteiger partial charge in [-0.25, -0.2) is 14.5 Å². The lowest BCUT2D eigenvalue weighted by Crippen LogP contribution is -2.46. The number of nitrogens with zero attached hydrogens (tertiary/aromatic N) is 1. The first kappa shape index (κ1) is 15.6. The first-order chi connectivity index (χ1) is 9.22. The third-order valence-electron chi connectivity index (χ3n) is 2.31. The number of rotatable bonds is 3. The first-order valence-corrected chi connectivity index (χ1v) is 5.15. The number of halogens is 3. The lowest BCUT2D eigenvalue weighted by Gasteiger charge is -2.24. The largest absolute Gasteiger partial charge is 0.495 e. The molecule has 0 aliphatic rings. The van der Waals surface area contributed by atoms with Gasteiger partial charge in [-0.2, -0.15) is 0 Å². The van der Waals surface area contributed by atoms with E-state index < -0.39 is 28.9 Å². The number of carbonyl (C=O) groups is 2. The summed E-state index contributed by atoms with van der Waals surface area (Å²) in [6.45, 7) is 0. The standard InChI is InChI=1S/C11H11F3N2O4/c1-19-8-4-3-6(9(17)20-2)5-7(8)16(10(15)18)11(12,13)14/h3-5H,1-2H3,(H2,15,18). The SMILES string of the molecule is COC(=O)c1ccc(OC)c(N(C(N)=O)C(F)(F)F)c1. The number of carbonyl (C=O) groups excluding carboxylic acids is 2. The summed E-state index contributed by atoms with van der Waals surface area (Å²) in [4.78, 5) is 21.7. The van der Waals surface area contributed by atoms with Crippen LogP contribution in [0.2, 0.25) is 0 Å². The maximum atomic E-state index is 12.8. The number of alkyl halides is 3. The summed E-state index contributed by atoms with van der Waals surface area (Å²) in [5.41, 5.74) is 3.85. The fourth-order valence-electron chi connectivity index (χ4n) is 1.49. The molecule has 2 amide bonds. The summed E-state index contributed by atoms with van der Waals surface area (Å²) in [6, 6.07) is 1.36. The van der Waals surface area contributed by atoms with Crippen molar-refractivity contribution in [3.05, 3.63) is 23.8 Å². The number of hydrogen-bond donors (Lipinski definition) is 1. The van der Waals surface area contributed by atoms with E-state index >= 15 is 0 Å². The van der Waals surface area contributed by atoms with E-state index in [9.17, 15) is 22.8 Å².